The first-order chi connectivity index (χ1) is 14.7. The number of rotatable bonds is 5. The van der Waals surface area contributed by atoms with E-state index >= 15 is 0 Å². The molecule has 0 radical (unpaired) electrons. The van der Waals surface area contributed by atoms with Gasteiger partial charge in [-0.3, -0.25) is 9.69 Å². The molecule has 7 heteroatoms. The molecule has 1 saturated heterocycles. The van der Waals surface area contributed by atoms with E-state index < -0.39 is 23.2 Å². The fourth-order valence-corrected chi connectivity index (χ4v) is 6.62. The van der Waals surface area contributed by atoms with Gasteiger partial charge in [-0.05, 0) is 81.9 Å². The lowest BCUT2D eigenvalue weighted by molar-refractivity contribution is -0.190. The fourth-order valence-electron chi connectivity index (χ4n) is 6.62. The van der Waals surface area contributed by atoms with Crippen LogP contribution in [0, 0.1) is 5.92 Å². The summed E-state index contributed by atoms with van der Waals surface area (Å²) in [6.45, 7) is 2.15. The zero-order valence-corrected chi connectivity index (χ0v) is 18.5. The highest BCUT2D eigenvalue weighted by Gasteiger charge is 2.66. The van der Waals surface area contributed by atoms with Crippen LogP contribution in [-0.2, 0) is 16.6 Å². The van der Waals surface area contributed by atoms with Crippen molar-refractivity contribution in [3.05, 3.63) is 29.3 Å². The molecule has 170 valence electrons. The molecule has 4 aliphatic rings. The molecule has 0 spiro atoms. The highest BCUT2D eigenvalue weighted by molar-refractivity contribution is 5.78. The molecule has 4 N–H and O–H groups in total. The summed E-state index contributed by atoms with van der Waals surface area (Å²) >= 11 is 0. The molecule has 1 aromatic carbocycles. The number of aliphatic hydroxyl groups excluding tert-OH is 1. The first kappa shape index (κ1) is 21.2. The minimum atomic E-state index is -1.06. The third kappa shape index (κ3) is 3.46. The topological polar surface area (TPSA) is 96.3 Å². The van der Waals surface area contributed by atoms with Crippen LogP contribution in [0.1, 0.15) is 43.2 Å². The first-order valence-corrected chi connectivity index (χ1v) is 11.6. The van der Waals surface area contributed by atoms with Crippen LogP contribution in [0.3, 0.4) is 0 Å². The van der Waals surface area contributed by atoms with Crippen LogP contribution < -0.4 is 5.32 Å². The number of phenols is 1. The lowest BCUT2D eigenvalue weighted by atomic mass is 9.48. The van der Waals surface area contributed by atoms with Crippen LogP contribution in [0.5, 0.6) is 5.75 Å². The van der Waals surface area contributed by atoms with E-state index in [0.29, 0.717) is 12.8 Å². The predicted octanol–water partition coefficient (Wildman–Crippen LogP) is 0.603. The normalized spacial score (nSPS) is 37.3. The van der Waals surface area contributed by atoms with Crippen LogP contribution in [0.25, 0.3) is 0 Å². The molecule has 7 nitrogen and oxygen atoms in total. The van der Waals surface area contributed by atoms with E-state index in [9.17, 15) is 20.1 Å². The van der Waals surface area contributed by atoms with Gasteiger partial charge in [0.2, 0.25) is 5.91 Å². The molecule has 1 heterocycles. The number of likely N-dealkylation sites (tertiary alicyclic amines) is 1. The number of piperidine rings is 1. The van der Waals surface area contributed by atoms with Gasteiger partial charge >= 0.3 is 0 Å². The van der Waals surface area contributed by atoms with Gasteiger partial charge in [-0.2, -0.15) is 0 Å². The van der Waals surface area contributed by atoms with Crippen molar-refractivity contribution < 1.29 is 20.1 Å². The molecule has 1 aliphatic heterocycles. The number of aromatic hydroxyl groups is 1. The number of phenolic OH excluding ortho intramolecular Hbond substituents is 1. The monoisotopic (exact) mass is 429 g/mol. The Kier molecular flexibility index (Phi) is 5.09. The number of aliphatic hydroxyl groups is 2. The third-order valence-electron chi connectivity index (χ3n) is 8.22. The van der Waals surface area contributed by atoms with Crippen molar-refractivity contribution in [2.45, 2.75) is 67.7 Å². The molecule has 5 rings (SSSR count). The van der Waals surface area contributed by atoms with Crippen LogP contribution >= 0.6 is 0 Å². The summed E-state index contributed by atoms with van der Waals surface area (Å²) in [5, 5.41) is 36.7. The van der Waals surface area contributed by atoms with Gasteiger partial charge in [0.05, 0.1) is 24.3 Å². The van der Waals surface area contributed by atoms with Crippen molar-refractivity contribution >= 4 is 5.91 Å². The standard InChI is InChI=1S/C24H35N3O4/c1-26(2)14-22(30)25-19-11-24(31)21-9-16-5-6-17(28)10-18(16)23(24,12-20(19)29)7-8-27(21)13-15-3-4-15/h5-6,10,15,19-21,28-29,31H,3-4,7-9,11-14H2,1-2H3,(H,25,30)/t19-,20-,21+,23?,24+/m0/s1. The number of fused-ring (bicyclic) bond motifs is 1. The van der Waals surface area contributed by atoms with Crippen LogP contribution in [0.15, 0.2) is 18.2 Å². The van der Waals surface area contributed by atoms with Crippen LogP contribution in [0.2, 0.25) is 0 Å². The number of carbonyl (C=O) groups excluding carboxylic acids is 1. The zero-order chi connectivity index (χ0) is 22.0. The number of carbonyl (C=O) groups is 1. The summed E-state index contributed by atoms with van der Waals surface area (Å²) in [7, 11) is 3.67. The van der Waals surface area contributed by atoms with E-state index in [-0.39, 0.29) is 24.2 Å². The SMILES string of the molecule is CN(C)CC(=O)N[C@H]1C[C@@]2(O)[C@H]3Cc4ccc(O)cc4C2(CCN3CC2CC2)C[C@@H]1O. The fraction of sp³-hybridized carbons (Fsp3) is 0.708. The maximum atomic E-state index is 12.4. The molecule has 0 aromatic heterocycles. The Morgan fingerprint density at radius 2 is 2.06 bits per heavy atom. The molecular formula is C24H35N3O4. The lowest BCUT2D eigenvalue weighted by Crippen LogP contribution is -2.76. The van der Waals surface area contributed by atoms with Gasteiger partial charge < -0.3 is 25.5 Å². The largest absolute Gasteiger partial charge is 0.508 e. The van der Waals surface area contributed by atoms with E-state index in [2.05, 4.69) is 10.2 Å². The van der Waals surface area contributed by atoms with Crippen molar-refractivity contribution in [1.82, 2.24) is 15.1 Å². The van der Waals surface area contributed by atoms with Crippen LogP contribution in [0.4, 0.5) is 0 Å². The van der Waals surface area contributed by atoms with E-state index in [1.807, 2.05) is 20.2 Å². The number of hydrogen-bond acceptors (Lipinski definition) is 6. The molecule has 1 amide bonds. The third-order valence-corrected chi connectivity index (χ3v) is 8.22. The van der Waals surface area contributed by atoms with Gasteiger partial charge in [0.1, 0.15) is 5.75 Å². The molecule has 2 saturated carbocycles. The van der Waals surface area contributed by atoms with Gasteiger partial charge in [-0.25, -0.2) is 0 Å². The van der Waals surface area contributed by atoms with Crippen molar-refractivity contribution in [2.75, 3.05) is 33.7 Å². The Bertz CT molecular complexity index is 872. The van der Waals surface area contributed by atoms with Crippen molar-refractivity contribution in [2.24, 2.45) is 5.92 Å². The summed E-state index contributed by atoms with van der Waals surface area (Å²) < 4.78 is 0. The van der Waals surface area contributed by atoms with Crippen molar-refractivity contribution in [3.8, 4) is 5.75 Å². The van der Waals surface area contributed by atoms with Gasteiger partial charge in [-0.15, -0.1) is 0 Å². The zero-order valence-electron chi connectivity index (χ0n) is 18.5. The molecule has 3 aliphatic carbocycles. The predicted molar refractivity (Wildman–Crippen MR) is 117 cm³/mol. The molecule has 3 fully saturated rings. The maximum absolute atomic E-state index is 12.4. The average molecular weight is 430 g/mol. The van der Waals surface area contributed by atoms with E-state index in [0.717, 1.165) is 43.0 Å². The molecule has 1 aromatic rings. The second-order valence-electron chi connectivity index (χ2n) is 10.6. The number of benzene rings is 1. The number of likely N-dealkylation sites (N-methyl/N-ethyl adjacent to an activating group) is 1. The number of hydrogen-bond donors (Lipinski definition) is 4. The second-order valence-corrected chi connectivity index (χ2v) is 10.6. The summed E-state index contributed by atoms with van der Waals surface area (Å²) in [5.41, 5.74) is 0.479. The van der Waals surface area contributed by atoms with Crippen LogP contribution in [-0.4, -0.2) is 88.5 Å². The highest BCUT2D eigenvalue weighted by Crippen LogP contribution is 2.58. The minimum absolute atomic E-state index is 0.0420. The number of nitrogens with one attached hydrogen (secondary N) is 1. The number of amides is 1. The Morgan fingerprint density at radius 1 is 1.29 bits per heavy atom. The molecule has 2 bridgehead atoms. The quantitative estimate of drug-likeness (QED) is 0.548. The van der Waals surface area contributed by atoms with Gasteiger partial charge in [-0.1, -0.05) is 6.07 Å². The van der Waals surface area contributed by atoms with E-state index in [1.54, 1.807) is 17.0 Å². The minimum Gasteiger partial charge on any atom is -0.508 e. The first-order valence-electron chi connectivity index (χ1n) is 11.6. The molecule has 5 atom stereocenters. The van der Waals surface area contributed by atoms with Crippen molar-refractivity contribution in [1.29, 1.82) is 0 Å². The summed E-state index contributed by atoms with van der Waals surface area (Å²) in [5.74, 6) is 0.787. The molecule has 1 unspecified atom stereocenters. The van der Waals surface area contributed by atoms with Gasteiger partial charge in [0.15, 0.2) is 0 Å². The Hall–Kier alpha value is -1.67. The Labute approximate surface area is 184 Å². The van der Waals surface area contributed by atoms with E-state index in [4.69, 9.17) is 0 Å². The Balaban J connectivity index is 1.52. The van der Waals surface area contributed by atoms with E-state index in [1.165, 1.54) is 12.8 Å². The summed E-state index contributed by atoms with van der Waals surface area (Å²) in [4.78, 5) is 16.7. The highest BCUT2D eigenvalue weighted by atomic mass is 16.3. The molecule has 31 heavy (non-hydrogen) atoms. The maximum Gasteiger partial charge on any atom is 0.234 e. The summed E-state index contributed by atoms with van der Waals surface area (Å²) in [6, 6.07) is 4.99. The second kappa shape index (κ2) is 7.44. The number of nitrogens with zero attached hydrogens (tertiary/aromatic N) is 2. The summed E-state index contributed by atoms with van der Waals surface area (Å²) in [6.07, 6.45) is 3.98. The average Bonchev–Trinajstić information content (AvgIpc) is 3.49. The lowest BCUT2D eigenvalue weighted by Gasteiger charge is -2.65. The van der Waals surface area contributed by atoms with Gasteiger partial charge in [0, 0.05) is 24.4 Å². The smallest absolute Gasteiger partial charge is 0.234 e. The molecular weight excluding hydrogens is 394 g/mol. The van der Waals surface area contributed by atoms with Gasteiger partial charge in [0.25, 0.3) is 0 Å². The van der Waals surface area contributed by atoms with Crippen molar-refractivity contribution in [3.63, 3.8) is 0 Å². The Morgan fingerprint density at radius 3 is 2.77 bits per heavy atom.